The second-order valence-electron chi connectivity index (χ2n) is 18.5. The van der Waals surface area contributed by atoms with Crippen molar-refractivity contribution < 1.29 is 28.6 Å². The van der Waals surface area contributed by atoms with Crippen molar-refractivity contribution >= 4 is 17.9 Å². The van der Waals surface area contributed by atoms with Crippen LogP contribution < -0.4 is 0 Å². The molecular formula is C59H104O6. The highest BCUT2D eigenvalue weighted by Gasteiger charge is 2.19. The SMILES string of the molecule is CCCCC/C=C/C/C=C/CCCCCCCCCC(=O)OCC(COC(=O)CC/C=C/C/C=C/CCCCCCCC)OC(=O)CCCCCCCCC/C=C/CCCCCCCC. The summed E-state index contributed by atoms with van der Waals surface area (Å²) in [5, 5.41) is 0. The summed E-state index contributed by atoms with van der Waals surface area (Å²) in [5.74, 6) is -0.971. The molecule has 6 nitrogen and oxygen atoms in total. The first-order valence-corrected chi connectivity index (χ1v) is 27.8. The van der Waals surface area contributed by atoms with Gasteiger partial charge in [-0.05, 0) is 96.3 Å². The van der Waals surface area contributed by atoms with E-state index in [1.165, 1.54) is 167 Å². The van der Waals surface area contributed by atoms with Gasteiger partial charge in [-0.1, -0.05) is 223 Å². The summed E-state index contributed by atoms with van der Waals surface area (Å²) in [5.41, 5.74) is 0. The molecule has 0 aliphatic carbocycles. The zero-order valence-corrected chi connectivity index (χ0v) is 43.0. The molecule has 0 saturated heterocycles. The van der Waals surface area contributed by atoms with Crippen molar-refractivity contribution in [1.29, 1.82) is 0 Å². The van der Waals surface area contributed by atoms with Crippen LogP contribution in [-0.2, 0) is 28.6 Å². The monoisotopic (exact) mass is 909 g/mol. The minimum atomic E-state index is -0.801. The maximum Gasteiger partial charge on any atom is 0.306 e. The number of carbonyl (C=O) groups is 3. The van der Waals surface area contributed by atoms with Crippen LogP contribution in [0.15, 0.2) is 60.8 Å². The first-order chi connectivity index (χ1) is 32.0. The lowest BCUT2D eigenvalue weighted by molar-refractivity contribution is -0.166. The number of esters is 3. The van der Waals surface area contributed by atoms with Crippen molar-refractivity contribution in [3.63, 3.8) is 0 Å². The van der Waals surface area contributed by atoms with Crippen LogP contribution >= 0.6 is 0 Å². The average Bonchev–Trinajstić information content (AvgIpc) is 3.30. The molecule has 6 heteroatoms. The third kappa shape index (κ3) is 51.9. The molecule has 376 valence electrons. The summed E-state index contributed by atoms with van der Waals surface area (Å²) in [6.07, 6.45) is 66.4. The molecule has 0 aromatic rings. The average molecular weight is 909 g/mol. The lowest BCUT2D eigenvalue weighted by Crippen LogP contribution is -2.30. The predicted molar refractivity (Wildman–Crippen MR) is 279 cm³/mol. The van der Waals surface area contributed by atoms with Gasteiger partial charge in [-0.3, -0.25) is 14.4 Å². The van der Waals surface area contributed by atoms with Gasteiger partial charge in [-0.2, -0.15) is 0 Å². The highest BCUT2D eigenvalue weighted by Crippen LogP contribution is 2.14. The van der Waals surface area contributed by atoms with Crippen LogP contribution in [0.25, 0.3) is 0 Å². The van der Waals surface area contributed by atoms with Gasteiger partial charge in [0.05, 0.1) is 0 Å². The topological polar surface area (TPSA) is 78.9 Å². The number of carbonyl (C=O) groups excluding carboxylic acids is 3. The lowest BCUT2D eigenvalue weighted by atomic mass is 10.1. The maximum atomic E-state index is 12.8. The summed E-state index contributed by atoms with van der Waals surface area (Å²) in [7, 11) is 0. The molecule has 0 radical (unpaired) electrons. The maximum absolute atomic E-state index is 12.8. The van der Waals surface area contributed by atoms with Crippen molar-refractivity contribution in [2.24, 2.45) is 0 Å². The normalized spacial score (nSPS) is 12.5. The van der Waals surface area contributed by atoms with Crippen LogP contribution in [0, 0.1) is 0 Å². The zero-order chi connectivity index (χ0) is 47.2. The fraction of sp³-hybridized carbons (Fsp3) is 0.780. The van der Waals surface area contributed by atoms with Gasteiger partial charge in [-0.25, -0.2) is 0 Å². The van der Waals surface area contributed by atoms with Gasteiger partial charge in [0.15, 0.2) is 6.10 Å². The molecule has 0 heterocycles. The Morgan fingerprint density at radius 2 is 0.585 bits per heavy atom. The molecule has 0 aliphatic rings. The minimum Gasteiger partial charge on any atom is -0.462 e. The van der Waals surface area contributed by atoms with Crippen LogP contribution in [-0.4, -0.2) is 37.2 Å². The van der Waals surface area contributed by atoms with Crippen molar-refractivity contribution in [2.75, 3.05) is 13.2 Å². The second-order valence-corrected chi connectivity index (χ2v) is 18.5. The third-order valence-corrected chi connectivity index (χ3v) is 12.0. The molecule has 0 fully saturated rings. The van der Waals surface area contributed by atoms with Crippen molar-refractivity contribution in [3.8, 4) is 0 Å². The van der Waals surface area contributed by atoms with E-state index in [9.17, 15) is 14.4 Å². The van der Waals surface area contributed by atoms with E-state index in [1.54, 1.807) is 0 Å². The fourth-order valence-electron chi connectivity index (χ4n) is 7.76. The van der Waals surface area contributed by atoms with Crippen LogP contribution in [0.3, 0.4) is 0 Å². The molecule has 0 aromatic heterocycles. The van der Waals surface area contributed by atoms with Gasteiger partial charge < -0.3 is 14.2 Å². The second kappa shape index (κ2) is 53.7. The Labute approximate surface area is 402 Å². The van der Waals surface area contributed by atoms with Gasteiger partial charge >= 0.3 is 17.9 Å². The van der Waals surface area contributed by atoms with E-state index in [0.29, 0.717) is 19.3 Å². The standard InChI is InChI=1S/C59H104O6/c1-4-7-10-13-16-19-22-25-27-29-31-34-37-40-43-46-49-52-58(61)64-55-56(54-63-57(60)51-48-45-42-39-36-33-24-21-18-15-12-9-6-3)65-59(62)53-50-47-44-41-38-35-32-30-28-26-23-20-17-14-11-8-5-2/h16,19,25-28,33,36,42,45,56H,4-15,17-18,20-24,29-32,34-35,37-41,43-44,46-55H2,1-3H3/b19-16+,27-25+,28-26+,36-33+,45-42+. The van der Waals surface area contributed by atoms with E-state index in [-0.39, 0.29) is 37.5 Å². The summed E-state index contributed by atoms with van der Waals surface area (Å²) >= 11 is 0. The molecule has 1 atom stereocenters. The van der Waals surface area contributed by atoms with E-state index >= 15 is 0 Å². The van der Waals surface area contributed by atoms with Gasteiger partial charge in [0.25, 0.3) is 0 Å². The zero-order valence-electron chi connectivity index (χ0n) is 43.0. The van der Waals surface area contributed by atoms with E-state index in [4.69, 9.17) is 14.2 Å². The molecule has 65 heavy (non-hydrogen) atoms. The Balaban J connectivity index is 4.43. The number of hydrogen-bond donors (Lipinski definition) is 0. The number of rotatable bonds is 50. The van der Waals surface area contributed by atoms with Crippen molar-refractivity contribution in [1.82, 2.24) is 0 Å². The quantitative estimate of drug-likeness (QED) is 0.0262. The summed E-state index contributed by atoms with van der Waals surface area (Å²) < 4.78 is 16.8. The molecule has 0 rings (SSSR count). The first kappa shape index (κ1) is 62.1. The molecule has 0 aliphatic heterocycles. The highest BCUT2D eigenvalue weighted by molar-refractivity contribution is 5.71. The van der Waals surface area contributed by atoms with Gasteiger partial charge in [0, 0.05) is 19.3 Å². The molecule has 0 N–H and O–H groups in total. The third-order valence-electron chi connectivity index (χ3n) is 12.0. The number of ether oxygens (including phenoxy) is 3. The minimum absolute atomic E-state index is 0.0965. The number of hydrogen-bond acceptors (Lipinski definition) is 6. The molecule has 1 unspecified atom stereocenters. The van der Waals surface area contributed by atoms with Crippen LogP contribution in [0.4, 0.5) is 0 Å². The van der Waals surface area contributed by atoms with Gasteiger partial charge in [-0.15, -0.1) is 0 Å². The largest absolute Gasteiger partial charge is 0.462 e. The molecular weight excluding hydrogens is 805 g/mol. The predicted octanol–water partition coefficient (Wildman–Crippen LogP) is 18.4. The van der Waals surface area contributed by atoms with Crippen molar-refractivity contribution in [3.05, 3.63) is 60.8 Å². The van der Waals surface area contributed by atoms with Gasteiger partial charge in [0.2, 0.25) is 0 Å². The van der Waals surface area contributed by atoms with Crippen LogP contribution in [0.5, 0.6) is 0 Å². The molecule has 0 bridgehead atoms. The molecule has 0 amide bonds. The van der Waals surface area contributed by atoms with E-state index < -0.39 is 6.10 Å². The highest BCUT2D eigenvalue weighted by atomic mass is 16.6. The summed E-state index contributed by atoms with van der Waals surface area (Å²) in [6.45, 7) is 6.56. The molecule has 0 saturated carbocycles. The fourth-order valence-corrected chi connectivity index (χ4v) is 7.76. The lowest BCUT2D eigenvalue weighted by Gasteiger charge is -2.18. The van der Waals surface area contributed by atoms with Crippen molar-refractivity contribution in [2.45, 2.75) is 284 Å². The Kier molecular flexibility index (Phi) is 51.3. The Hall–Kier alpha value is -2.89. The first-order valence-electron chi connectivity index (χ1n) is 27.8. The van der Waals surface area contributed by atoms with E-state index in [1.807, 2.05) is 6.08 Å². The molecule has 0 aromatic carbocycles. The Morgan fingerprint density at radius 1 is 0.308 bits per heavy atom. The Morgan fingerprint density at radius 3 is 0.985 bits per heavy atom. The number of allylic oxidation sites excluding steroid dienone is 10. The van der Waals surface area contributed by atoms with Crippen LogP contribution in [0.2, 0.25) is 0 Å². The number of unbranched alkanes of at least 4 members (excludes halogenated alkanes) is 29. The van der Waals surface area contributed by atoms with E-state index in [2.05, 4.69) is 75.5 Å². The molecule has 0 spiro atoms. The summed E-state index contributed by atoms with van der Waals surface area (Å²) in [4.78, 5) is 38.0. The van der Waals surface area contributed by atoms with E-state index in [0.717, 1.165) is 64.2 Å². The Bertz CT molecular complexity index is 1180. The van der Waals surface area contributed by atoms with Gasteiger partial charge in [0.1, 0.15) is 13.2 Å². The smallest absolute Gasteiger partial charge is 0.306 e. The van der Waals surface area contributed by atoms with Crippen LogP contribution in [0.1, 0.15) is 278 Å². The summed E-state index contributed by atoms with van der Waals surface area (Å²) in [6, 6.07) is 0.